The lowest BCUT2D eigenvalue weighted by atomic mass is 9.78. The lowest BCUT2D eigenvalue weighted by Gasteiger charge is -2.39. The van der Waals surface area contributed by atoms with Gasteiger partial charge in [-0.25, -0.2) is 0 Å². The highest BCUT2D eigenvalue weighted by molar-refractivity contribution is 5.97. The van der Waals surface area contributed by atoms with E-state index < -0.39 is 0 Å². The minimum atomic E-state index is -0.333. The fourth-order valence-electron chi connectivity index (χ4n) is 4.30. The highest BCUT2D eigenvalue weighted by Crippen LogP contribution is 2.40. The third-order valence-corrected chi connectivity index (χ3v) is 5.96. The normalized spacial score (nSPS) is 24.2. The van der Waals surface area contributed by atoms with Crippen LogP contribution in [-0.2, 0) is 11.8 Å². The van der Waals surface area contributed by atoms with Crippen LogP contribution in [0.25, 0.3) is 0 Å². The van der Waals surface area contributed by atoms with Crippen molar-refractivity contribution in [2.45, 2.75) is 46.5 Å². The van der Waals surface area contributed by atoms with Gasteiger partial charge in [0, 0.05) is 44.6 Å². The number of hydrogen-bond acceptors (Lipinski definition) is 2. The molecule has 132 valence electrons. The molecule has 1 atom stereocenters. The van der Waals surface area contributed by atoms with Crippen molar-refractivity contribution >= 4 is 11.8 Å². The number of carbonyl (C=O) groups excluding carboxylic acids is 2. The van der Waals surface area contributed by atoms with Gasteiger partial charge in [0.05, 0.1) is 11.0 Å². The van der Waals surface area contributed by atoms with Gasteiger partial charge in [-0.15, -0.1) is 0 Å². The molecule has 2 fully saturated rings. The minimum Gasteiger partial charge on any atom is -0.351 e. The maximum atomic E-state index is 13.0. The monoisotopic (exact) mass is 331 g/mol. The van der Waals surface area contributed by atoms with E-state index in [2.05, 4.69) is 6.92 Å². The number of piperidine rings is 1. The van der Waals surface area contributed by atoms with E-state index in [0.717, 1.165) is 55.7 Å². The Hall–Kier alpha value is -1.78. The topological polar surface area (TPSA) is 45.5 Å². The lowest BCUT2D eigenvalue weighted by Crippen LogP contribution is -2.50. The molecule has 24 heavy (non-hydrogen) atoms. The first kappa shape index (κ1) is 17.1. The van der Waals surface area contributed by atoms with Gasteiger partial charge in [-0.2, -0.15) is 0 Å². The first-order valence-corrected chi connectivity index (χ1v) is 9.11. The zero-order chi connectivity index (χ0) is 17.5. The van der Waals surface area contributed by atoms with Gasteiger partial charge in [0.2, 0.25) is 5.91 Å². The van der Waals surface area contributed by atoms with Crippen molar-refractivity contribution in [1.29, 1.82) is 0 Å². The summed E-state index contributed by atoms with van der Waals surface area (Å²) in [5, 5.41) is 0. The summed E-state index contributed by atoms with van der Waals surface area (Å²) in [5.41, 5.74) is 2.54. The van der Waals surface area contributed by atoms with Crippen molar-refractivity contribution in [2.75, 3.05) is 26.2 Å². The summed E-state index contributed by atoms with van der Waals surface area (Å²) in [6, 6.07) is 1.97. The average Bonchev–Trinajstić information content (AvgIpc) is 3.10. The first-order valence-electron chi connectivity index (χ1n) is 9.11. The Bertz CT molecular complexity index is 662. The molecular formula is C19H29N3O2. The van der Waals surface area contributed by atoms with E-state index in [9.17, 15) is 9.59 Å². The maximum absolute atomic E-state index is 13.0. The number of hydrogen-bond donors (Lipinski definition) is 0. The summed E-state index contributed by atoms with van der Waals surface area (Å²) in [7, 11) is 1.99. The Balaban J connectivity index is 1.78. The van der Waals surface area contributed by atoms with E-state index in [-0.39, 0.29) is 17.2 Å². The van der Waals surface area contributed by atoms with Gasteiger partial charge >= 0.3 is 0 Å². The summed E-state index contributed by atoms with van der Waals surface area (Å²) in [4.78, 5) is 29.8. The Morgan fingerprint density at radius 3 is 2.62 bits per heavy atom. The molecule has 2 aliphatic rings. The van der Waals surface area contributed by atoms with Crippen LogP contribution in [0, 0.1) is 19.3 Å². The second kappa shape index (κ2) is 6.26. The second-order valence-electron chi connectivity index (χ2n) is 7.50. The Morgan fingerprint density at radius 2 is 2.00 bits per heavy atom. The first-order chi connectivity index (χ1) is 11.4. The molecule has 1 aromatic heterocycles. The Kier molecular flexibility index (Phi) is 4.45. The summed E-state index contributed by atoms with van der Waals surface area (Å²) in [5.74, 6) is 0.348. The molecule has 0 radical (unpaired) electrons. The van der Waals surface area contributed by atoms with Crippen molar-refractivity contribution in [1.82, 2.24) is 14.4 Å². The Labute approximate surface area is 144 Å². The number of aromatic nitrogens is 1. The van der Waals surface area contributed by atoms with Gasteiger partial charge in [0.1, 0.15) is 0 Å². The van der Waals surface area contributed by atoms with Crippen molar-refractivity contribution in [3.63, 3.8) is 0 Å². The van der Waals surface area contributed by atoms with Crippen LogP contribution in [0.2, 0.25) is 0 Å². The van der Waals surface area contributed by atoms with Crippen LogP contribution in [0.3, 0.4) is 0 Å². The van der Waals surface area contributed by atoms with Gasteiger partial charge in [0.15, 0.2) is 0 Å². The summed E-state index contributed by atoms with van der Waals surface area (Å²) < 4.78 is 2.05. The largest absolute Gasteiger partial charge is 0.351 e. The van der Waals surface area contributed by atoms with E-state index >= 15 is 0 Å². The third kappa shape index (κ3) is 2.64. The fraction of sp³-hybridized carbons (Fsp3) is 0.684. The molecular weight excluding hydrogens is 302 g/mol. The zero-order valence-corrected chi connectivity index (χ0v) is 15.4. The molecule has 5 nitrogen and oxygen atoms in total. The number of amides is 2. The van der Waals surface area contributed by atoms with Gasteiger partial charge < -0.3 is 14.4 Å². The summed E-state index contributed by atoms with van der Waals surface area (Å²) in [6.45, 7) is 9.10. The molecule has 1 spiro atoms. The second-order valence-corrected chi connectivity index (χ2v) is 7.50. The van der Waals surface area contributed by atoms with Crippen LogP contribution in [-0.4, -0.2) is 52.4 Å². The highest BCUT2D eigenvalue weighted by atomic mass is 16.2. The van der Waals surface area contributed by atoms with Crippen LogP contribution >= 0.6 is 0 Å². The van der Waals surface area contributed by atoms with Gasteiger partial charge in [-0.3, -0.25) is 9.59 Å². The molecule has 0 saturated carbocycles. The molecule has 5 heteroatoms. The molecule has 2 saturated heterocycles. The SMILES string of the molecule is CCCN1CCCC2(CCN(C(=O)c3cc(C)n(C)c3C)C2)C1=O. The van der Waals surface area contributed by atoms with Crippen molar-refractivity contribution < 1.29 is 9.59 Å². The van der Waals surface area contributed by atoms with Crippen LogP contribution in [0.5, 0.6) is 0 Å². The molecule has 3 heterocycles. The smallest absolute Gasteiger partial charge is 0.255 e. The van der Waals surface area contributed by atoms with E-state index in [0.29, 0.717) is 13.1 Å². The predicted octanol–water partition coefficient (Wildman–Crippen LogP) is 2.51. The highest BCUT2D eigenvalue weighted by Gasteiger charge is 2.49. The zero-order valence-electron chi connectivity index (χ0n) is 15.4. The van der Waals surface area contributed by atoms with Crippen LogP contribution in [0.1, 0.15) is 54.4 Å². The quantitative estimate of drug-likeness (QED) is 0.854. The van der Waals surface area contributed by atoms with Crippen LogP contribution < -0.4 is 0 Å². The molecule has 3 rings (SSSR count). The third-order valence-electron chi connectivity index (χ3n) is 5.96. The average molecular weight is 331 g/mol. The molecule has 2 amide bonds. The number of rotatable bonds is 3. The van der Waals surface area contributed by atoms with Crippen molar-refractivity contribution in [3.05, 3.63) is 23.0 Å². The molecule has 2 aliphatic heterocycles. The van der Waals surface area contributed by atoms with E-state index in [1.165, 1.54) is 0 Å². The minimum absolute atomic E-state index is 0.0773. The summed E-state index contributed by atoms with van der Waals surface area (Å²) >= 11 is 0. The number of aryl methyl sites for hydroxylation is 1. The maximum Gasteiger partial charge on any atom is 0.255 e. The molecule has 0 bridgehead atoms. The standard InChI is InChI=1S/C19H29N3O2/c1-5-9-21-10-6-7-19(18(21)24)8-11-22(13-19)17(23)16-12-14(2)20(4)15(16)3/h12H,5-11,13H2,1-4H3. The summed E-state index contributed by atoms with van der Waals surface area (Å²) in [6.07, 6.45) is 3.77. The lowest BCUT2D eigenvalue weighted by molar-refractivity contribution is -0.145. The number of nitrogens with zero attached hydrogens (tertiary/aromatic N) is 3. The van der Waals surface area contributed by atoms with Gasteiger partial charge in [-0.05, 0) is 45.6 Å². The van der Waals surface area contributed by atoms with Gasteiger partial charge in [-0.1, -0.05) is 6.92 Å². The molecule has 0 aromatic carbocycles. The number of carbonyl (C=O) groups is 2. The molecule has 1 unspecified atom stereocenters. The molecule has 0 N–H and O–H groups in total. The van der Waals surface area contributed by atoms with E-state index in [4.69, 9.17) is 0 Å². The van der Waals surface area contributed by atoms with Gasteiger partial charge in [0.25, 0.3) is 5.91 Å². The van der Waals surface area contributed by atoms with Crippen LogP contribution in [0.15, 0.2) is 6.07 Å². The van der Waals surface area contributed by atoms with Crippen molar-refractivity contribution in [3.8, 4) is 0 Å². The van der Waals surface area contributed by atoms with E-state index in [1.807, 2.05) is 41.3 Å². The van der Waals surface area contributed by atoms with E-state index in [1.54, 1.807) is 0 Å². The molecule has 0 aliphatic carbocycles. The van der Waals surface area contributed by atoms with Crippen LogP contribution in [0.4, 0.5) is 0 Å². The Morgan fingerprint density at radius 1 is 1.25 bits per heavy atom. The predicted molar refractivity (Wildman–Crippen MR) is 93.9 cm³/mol. The van der Waals surface area contributed by atoms with Crippen molar-refractivity contribution in [2.24, 2.45) is 12.5 Å². The number of likely N-dealkylation sites (tertiary alicyclic amines) is 2. The fourth-order valence-corrected chi connectivity index (χ4v) is 4.30. The molecule has 1 aromatic rings.